The molecule has 0 aliphatic carbocycles. The van der Waals surface area contributed by atoms with Crippen molar-refractivity contribution in [3.8, 4) is 0 Å². The van der Waals surface area contributed by atoms with E-state index in [4.69, 9.17) is 5.73 Å². The Morgan fingerprint density at radius 3 is 3.04 bits per heavy atom. The number of primary amides is 1. The minimum atomic E-state index is -0.213. The number of hydrogen-bond acceptors (Lipinski definition) is 6. The topological polar surface area (TPSA) is 102 Å². The minimum Gasteiger partial charge on any atom is -0.370 e. The zero-order valence-corrected chi connectivity index (χ0v) is 15.3. The largest absolute Gasteiger partial charge is 0.370 e. The molecule has 4 rings (SSSR count). The van der Waals surface area contributed by atoms with Crippen LogP contribution in [0.3, 0.4) is 0 Å². The van der Waals surface area contributed by atoms with Crippen LogP contribution in [-0.2, 0) is 18.4 Å². The molecule has 1 unspecified atom stereocenters. The number of fused-ring (bicyclic) bond motifs is 1. The molecule has 1 saturated heterocycles. The summed E-state index contributed by atoms with van der Waals surface area (Å²) >= 11 is 0. The van der Waals surface area contributed by atoms with Crippen LogP contribution in [0.25, 0.3) is 11.0 Å². The summed E-state index contributed by atoms with van der Waals surface area (Å²) in [6.07, 6.45) is 5.15. The van der Waals surface area contributed by atoms with E-state index in [9.17, 15) is 4.79 Å². The second-order valence-electron chi connectivity index (χ2n) is 6.90. The standard InChI is InChI=1S/C19H23N7O/c1-25-19-15(10-24-25)18(22-12-23-19)21-9-13-5-2-3-7-16(13)26-8-4-6-14(11-26)17(20)27/h2-3,5,7,10,12,14H,4,6,8-9,11H2,1H3,(H2,20,27)(H,21,22,23). The highest BCUT2D eigenvalue weighted by Crippen LogP contribution is 2.27. The third-order valence-electron chi connectivity index (χ3n) is 5.13. The van der Waals surface area contributed by atoms with E-state index in [-0.39, 0.29) is 11.8 Å². The van der Waals surface area contributed by atoms with Crippen molar-refractivity contribution in [2.75, 3.05) is 23.3 Å². The molecule has 3 aromatic rings. The lowest BCUT2D eigenvalue weighted by atomic mass is 9.96. The van der Waals surface area contributed by atoms with E-state index in [1.165, 1.54) is 0 Å². The molecule has 3 heterocycles. The number of amides is 1. The van der Waals surface area contributed by atoms with E-state index in [1.54, 1.807) is 17.2 Å². The second-order valence-corrected chi connectivity index (χ2v) is 6.90. The summed E-state index contributed by atoms with van der Waals surface area (Å²) < 4.78 is 1.73. The van der Waals surface area contributed by atoms with Crippen molar-refractivity contribution in [2.24, 2.45) is 18.7 Å². The number of piperidine rings is 1. The van der Waals surface area contributed by atoms with Gasteiger partial charge in [0.25, 0.3) is 0 Å². The first-order valence-corrected chi connectivity index (χ1v) is 9.12. The summed E-state index contributed by atoms with van der Waals surface area (Å²) in [6, 6.07) is 8.24. The molecule has 27 heavy (non-hydrogen) atoms. The van der Waals surface area contributed by atoms with Gasteiger partial charge < -0.3 is 16.0 Å². The molecule has 1 atom stereocenters. The third kappa shape index (κ3) is 3.42. The van der Waals surface area contributed by atoms with Crippen LogP contribution in [0.2, 0.25) is 0 Å². The fraction of sp³-hybridized carbons (Fsp3) is 0.368. The molecular weight excluding hydrogens is 342 g/mol. The van der Waals surface area contributed by atoms with Gasteiger partial charge in [-0.3, -0.25) is 9.48 Å². The average molecular weight is 365 g/mol. The van der Waals surface area contributed by atoms with Crippen LogP contribution < -0.4 is 16.0 Å². The van der Waals surface area contributed by atoms with Gasteiger partial charge in [0.2, 0.25) is 5.91 Å². The molecule has 3 N–H and O–H groups in total. The first-order chi connectivity index (χ1) is 13.1. The van der Waals surface area contributed by atoms with Crippen LogP contribution in [0.4, 0.5) is 11.5 Å². The fourth-order valence-electron chi connectivity index (χ4n) is 3.68. The number of carbonyl (C=O) groups excluding carboxylic acids is 1. The van der Waals surface area contributed by atoms with Crippen LogP contribution in [0.5, 0.6) is 0 Å². The summed E-state index contributed by atoms with van der Waals surface area (Å²) in [6.45, 7) is 2.22. The summed E-state index contributed by atoms with van der Waals surface area (Å²) in [7, 11) is 1.86. The first-order valence-electron chi connectivity index (χ1n) is 9.12. The molecule has 2 aromatic heterocycles. The molecule has 1 aromatic carbocycles. The number of carbonyl (C=O) groups is 1. The van der Waals surface area contributed by atoms with Crippen molar-refractivity contribution >= 4 is 28.4 Å². The Hall–Kier alpha value is -3.16. The van der Waals surface area contributed by atoms with Crippen molar-refractivity contribution in [1.82, 2.24) is 19.7 Å². The van der Waals surface area contributed by atoms with Crippen LogP contribution in [-0.4, -0.2) is 38.7 Å². The predicted molar refractivity (Wildman–Crippen MR) is 104 cm³/mol. The number of para-hydroxylation sites is 1. The highest BCUT2D eigenvalue weighted by molar-refractivity contribution is 5.86. The Morgan fingerprint density at radius 1 is 1.33 bits per heavy atom. The van der Waals surface area contributed by atoms with Crippen molar-refractivity contribution < 1.29 is 4.79 Å². The quantitative estimate of drug-likeness (QED) is 0.713. The molecule has 1 amide bonds. The molecule has 1 fully saturated rings. The highest BCUT2D eigenvalue weighted by atomic mass is 16.1. The maximum Gasteiger partial charge on any atom is 0.222 e. The van der Waals surface area contributed by atoms with Gasteiger partial charge >= 0.3 is 0 Å². The van der Waals surface area contributed by atoms with Gasteiger partial charge in [-0.1, -0.05) is 18.2 Å². The maximum atomic E-state index is 11.6. The van der Waals surface area contributed by atoms with E-state index < -0.39 is 0 Å². The Bertz CT molecular complexity index is 968. The SMILES string of the molecule is Cn1ncc2c(NCc3ccccc3N3CCCC(C(N)=O)C3)ncnc21. The van der Waals surface area contributed by atoms with Crippen LogP contribution in [0.15, 0.2) is 36.8 Å². The molecule has 8 heteroatoms. The number of aromatic nitrogens is 4. The minimum absolute atomic E-state index is 0.0864. The van der Waals surface area contributed by atoms with Crippen molar-refractivity contribution in [3.63, 3.8) is 0 Å². The van der Waals surface area contributed by atoms with Gasteiger partial charge in [0.05, 0.1) is 17.5 Å². The van der Waals surface area contributed by atoms with Crippen molar-refractivity contribution in [2.45, 2.75) is 19.4 Å². The number of rotatable bonds is 5. The Morgan fingerprint density at radius 2 is 2.19 bits per heavy atom. The number of hydrogen-bond donors (Lipinski definition) is 2. The van der Waals surface area contributed by atoms with Crippen molar-refractivity contribution in [3.05, 3.63) is 42.4 Å². The predicted octanol–water partition coefficient (Wildman–Crippen LogP) is 1.68. The maximum absolute atomic E-state index is 11.6. The van der Waals surface area contributed by atoms with Gasteiger partial charge in [-0.15, -0.1) is 0 Å². The Labute approximate surface area is 157 Å². The molecule has 0 bridgehead atoms. The number of benzene rings is 1. The Kier molecular flexibility index (Phi) is 4.62. The van der Waals surface area contributed by atoms with Crippen molar-refractivity contribution in [1.29, 1.82) is 0 Å². The smallest absolute Gasteiger partial charge is 0.222 e. The molecule has 0 spiro atoms. The summed E-state index contributed by atoms with van der Waals surface area (Å²) in [5.41, 5.74) is 8.61. The lowest BCUT2D eigenvalue weighted by Gasteiger charge is -2.34. The molecule has 0 saturated carbocycles. The van der Waals surface area contributed by atoms with E-state index in [1.807, 2.05) is 19.2 Å². The van der Waals surface area contributed by atoms with Gasteiger partial charge in [0.1, 0.15) is 12.1 Å². The average Bonchev–Trinajstić information content (AvgIpc) is 3.08. The highest BCUT2D eigenvalue weighted by Gasteiger charge is 2.25. The first kappa shape index (κ1) is 17.3. The summed E-state index contributed by atoms with van der Waals surface area (Å²) in [5, 5.41) is 8.55. The molecule has 0 radical (unpaired) electrons. The molecule has 140 valence electrons. The van der Waals surface area contributed by atoms with Gasteiger partial charge in [-0.2, -0.15) is 5.10 Å². The number of nitrogens with zero attached hydrogens (tertiary/aromatic N) is 5. The zero-order valence-electron chi connectivity index (χ0n) is 15.3. The number of aryl methyl sites for hydroxylation is 1. The van der Waals surface area contributed by atoms with E-state index >= 15 is 0 Å². The van der Waals surface area contributed by atoms with E-state index in [2.05, 4.69) is 37.4 Å². The fourth-order valence-corrected chi connectivity index (χ4v) is 3.68. The monoisotopic (exact) mass is 365 g/mol. The lowest BCUT2D eigenvalue weighted by Crippen LogP contribution is -2.41. The third-order valence-corrected chi connectivity index (χ3v) is 5.13. The van der Waals surface area contributed by atoms with Gasteiger partial charge in [0.15, 0.2) is 5.65 Å². The molecular formula is C19H23N7O. The van der Waals surface area contributed by atoms with Crippen LogP contribution in [0.1, 0.15) is 18.4 Å². The summed E-state index contributed by atoms with van der Waals surface area (Å²) in [5.74, 6) is 0.462. The molecule has 1 aliphatic rings. The molecule has 1 aliphatic heterocycles. The van der Waals surface area contributed by atoms with Gasteiger partial charge in [0, 0.05) is 32.4 Å². The Balaban J connectivity index is 1.55. The van der Waals surface area contributed by atoms with E-state index in [0.717, 1.165) is 47.5 Å². The van der Waals surface area contributed by atoms with E-state index in [0.29, 0.717) is 13.1 Å². The normalized spacial score (nSPS) is 17.2. The second kappa shape index (κ2) is 7.22. The number of anilines is 2. The van der Waals surface area contributed by atoms with Gasteiger partial charge in [-0.25, -0.2) is 9.97 Å². The van der Waals surface area contributed by atoms with Crippen LogP contribution >= 0.6 is 0 Å². The van der Waals surface area contributed by atoms with Gasteiger partial charge in [-0.05, 0) is 24.5 Å². The molecule has 8 nitrogen and oxygen atoms in total. The van der Waals surface area contributed by atoms with Crippen LogP contribution in [0, 0.1) is 5.92 Å². The zero-order chi connectivity index (χ0) is 18.8. The number of nitrogens with one attached hydrogen (secondary N) is 1. The lowest BCUT2D eigenvalue weighted by molar-refractivity contribution is -0.122. The number of nitrogens with two attached hydrogens (primary N) is 1. The summed E-state index contributed by atoms with van der Waals surface area (Å²) in [4.78, 5) is 22.5.